The van der Waals surface area contributed by atoms with Crippen LogP contribution >= 0.6 is 0 Å². The first kappa shape index (κ1) is 9.67. The number of hydrogen-bond donors (Lipinski definition) is 3. The number of fused-ring (bicyclic) bond motifs is 1. The smallest absolute Gasteiger partial charge is 0.337 e. The maximum Gasteiger partial charge on any atom is 0.337 e. The number of H-pyrrole nitrogens is 1. The predicted molar refractivity (Wildman–Crippen MR) is 50.9 cm³/mol. The Bertz CT molecular complexity index is 520. The van der Waals surface area contributed by atoms with Crippen LogP contribution in [0.25, 0.3) is 10.9 Å². The number of halogens is 1. The molecule has 1 aromatic heterocycles. The van der Waals surface area contributed by atoms with Crippen molar-refractivity contribution in [2.75, 3.05) is 0 Å². The molecule has 5 heteroatoms. The van der Waals surface area contributed by atoms with Gasteiger partial charge in [0.05, 0.1) is 5.52 Å². The van der Waals surface area contributed by atoms with Crippen molar-refractivity contribution in [3.63, 3.8) is 0 Å². The second-order valence-corrected chi connectivity index (χ2v) is 3.15. The van der Waals surface area contributed by atoms with E-state index in [2.05, 4.69) is 4.98 Å². The van der Waals surface area contributed by atoms with E-state index >= 15 is 0 Å². The van der Waals surface area contributed by atoms with Crippen LogP contribution in [0.1, 0.15) is 11.7 Å². The number of carboxylic acid groups (broad SMARTS) is 1. The lowest BCUT2D eigenvalue weighted by Gasteiger charge is -2.02. The molecule has 2 aromatic rings. The van der Waals surface area contributed by atoms with Crippen LogP contribution in [0, 0.1) is 5.82 Å². The summed E-state index contributed by atoms with van der Waals surface area (Å²) < 4.78 is 13.2. The summed E-state index contributed by atoms with van der Waals surface area (Å²) in [5.41, 5.74) is 0.366. The second-order valence-electron chi connectivity index (χ2n) is 3.15. The molecule has 78 valence electrons. The van der Waals surface area contributed by atoms with E-state index in [-0.39, 0.29) is 11.1 Å². The first-order valence-electron chi connectivity index (χ1n) is 4.27. The van der Waals surface area contributed by atoms with Crippen LogP contribution < -0.4 is 0 Å². The number of aliphatic hydroxyl groups is 1. The minimum absolute atomic E-state index is 0.164. The second kappa shape index (κ2) is 3.36. The molecule has 1 unspecified atom stereocenters. The van der Waals surface area contributed by atoms with Gasteiger partial charge in [-0.05, 0) is 6.07 Å². The van der Waals surface area contributed by atoms with Crippen LogP contribution in [0.4, 0.5) is 4.39 Å². The number of carbonyl (C=O) groups is 1. The van der Waals surface area contributed by atoms with Crippen LogP contribution in [-0.2, 0) is 4.79 Å². The van der Waals surface area contributed by atoms with Gasteiger partial charge in [-0.1, -0.05) is 12.1 Å². The van der Waals surface area contributed by atoms with Gasteiger partial charge in [0.2, 0.25) is 0 Å². The molecule has 0 aliphatic carbocycles. The first-order chi connectivity index (χ1) is 7.11. The number of benzene rings is 1. The lowest BCUT2D eigenvalue weighted by Crippen LogP contribution is -2.09. The summed E-state index contributed by atoms with van der Waals surface area (Å²) in [4.78, 5) is 13.2. The van der Waals surface area contributed by atoms with Gasteiger partial charge in [-0.2, -0.15) is 0 Å². The molecule has 0 spiro atoms. The van der Waals surface area contributed by atoms with E-state index in [0.29, 0.717) is 5.39 Å². The SMILES string of the molecule is O=C(O)C(O)c1c[nH]c2c(F)cccc12. The Hall–Kier alpha value is -1.88. The van der Waals surface area contributed by atoms with Crippen molar-refractivity contribution in [1.82, 2.24) is 4.98 Å². The topological polar surface area (TPSA) is 73.3 Å². The molecular weight excluding hydrogens is 201 g/mol. The molecule has 0 amide bonds. The average molecular weight is 209 g/mol. The number of rotatable bonds is 2. The molecule has 0 saturated heterocycles. The highest BCUT2D eigenvalue weighted by atomic mass is 19.1. The van der Waals surface area contributed by atoms with Crippen LogP contribution in [0.3, 0.4) is 0 Å². The molecule has 0 aliphatic heterocycles. The van der Waals surface area contributed by atoms with Crippen molar-refractivity contribution in [1.29, 1.82) is 0 Å². The maximum absolute atomic E-state index is 13.2. The van der Waals surface area contributed by atoms with E-state index in [1.807, 2.05) is 0 Å². The molecule has 1 aromatic carbocycles. The van der Waals surface area contributed by atoms with Gasteiger partial charge in [0.15, 0.2) is 6.10 Å². The molecule has 0 radical (unpaired) electrons. The first-order valence-corrected chi connectivity index (χ1v) is 4.27. The summed E-state index contributed by atoms with van der Waals surface area (Å²) >= 11 is 0. The third kappa shape index (κ3) is 1.46. The number of carboxylic acids is 1. The van der Waals surface area contributed by atoms with E-state index < -0.39 is 17.9 Å². The molecule has 4 nitrogen and oxygen atoms in total. The molecule has 2 rings (SSSR count). The third-order valence-electron chi connectivity index (χ3n) is 2.23. The van der Waals surface area contributed by atoms with Crippen LogP contribution in [-0.4, -0.2) is 21.2 Å². The summed E-state index contributed by atoms with van der Waals surface area (Å²) in [6, 6.07) is 4.27. The van der Waals surface area contributed by atoms with Crippen LogP contribution in [0.2, 0.25) is 0 Å². The zero-order chi connectivity index (χ0) is 11.0. The van der Waals surface area contributed by atoms with Gasteiger partial charge < -0.3 is 15.2 Å². The Balaban J connectivity index is 2.64. The molecule has 0 fully saturated rings. The number of nitrogens with one attached hydrogen (secondary N) is 1. The van der Waals surface area contributed by atoms with E-state index in [1.165, 1.54) is 18.3 Å². The number of aliphatic carboxylic acids is 1. The number of hydrogen-bond acceptors (Lipinski definition) is 2. The highest BCUT2D eigenvalue weighted by molar-refractivity contribution is 5.88. The number of aromatic amines is 1. The summed E-state index contributed by atoms with van der Waals surface area (Å²) in [6.45, 7) is 0. The molecule has 0 bridgehead atoms. The minimum Gasteiger partial charge on any atom is -0.479 e. The number of aromatic nitrogens is 1. The average Bonchev–Trinajstić information content (AvgIpc) is 2.61. The molecule has 15 heavy (non-hydrogen) atoms. The fraction of sp³-hybridized carbons (Fsp3) is 0.100. The van der Waals surface area contributed by atoms with Crippen LogP contribution in [0.15, 0.2) is 24.4 Å². The Morgan fingerprint density at radius 1 is 1.47 bits per heavy atom. The quantitative estimate of drug-likeness (QED) is 0.700. The van der Waals surface area contributed by atoms with E-state index in [9.17, 15) is 14.3 Å². The monoisotopic (exact) mass is 209 g/mol. The van der Waals surface area contributed by atoms with Crippen molar-refractivity contribution in [3.8, 4) is 0 Å². The van der Waals surface area contributed by atoms with Gasteiger partial charge in [-0.3, -0.25) is 0 Å². The summed E-state index contributed by atoms with van der Waals surface area (Å²) in [5, 5.41) is 18.3. The fourth-order valence-corrected chi connectivity index (χ4v) is 1.50. The summed E-state index contributed by atoms with van der Waals surface area (Å²) in [6.07, 6.45) is -0.340. The highest BCUT2D eigenvalue weighted by Crippen LogP contribution is 2.25. The normalized spacial score (nSPS) is 12.9. The van der Waals surface area contributed by atoms with E-state index in [1.54, 1.807) is 6.07 Å². The minimum atomic E-state index is -1.64. The maximum atomic E-state index is 13.2. The zero-order valence-electron chi connectivity index (χ0n) is 7.57. The van der Waals surface area contributed by atoms with E-state index in [4.69, 9.17) is 5.11 Å². The van der Waals surface area contributed by atoms with Crippen molar-refractivity contribution in [3.05, 3.63) is 35.8 Å². The van der Waals surface area contributed by atoms with Crippen molar-refractivity contribution in [2.45, 2.75) is 6.10 Å². The molecular formula is C10H8FNO3. The highest BCUT2D eigenvalue weighted by Gasteiger charge is 2.20. The van der Waals surface area contributed by atoms with Crippen molar-refractivity contribution >= 4 is 16.9 Å². The molecule has 1 atom stereocenters. The number of aliphatic hydroxyl groups excluding tert-OH is 1. The van der Waals surface area contributed by atoms with Gasteiger partial charge in [0.25, 0.3) is 0 Å². The van der Waals surface area contributed by atoms with Gasteiger partial charge >= 0.3 is 5.97 Å². The lowest BCUT2D eigenvalue weighted by molar-refractivity contribution is -0.146. The standard InChI is InChI=1S/C10H8FNO3/c11-7-3-1-2-5-6(4-12-8(5)7)9(13)10(14)15/h1-4,9,12-13H,(H,14,15). The molecule has 0 aliphatic rings. The van der Waals surface area contributed by atoms with Crippen LogP contribution in [0.5, 0.6) is 0 Å². The van der Waals surface area contributed by atoms with Crippen molar-refractivity contribution in [2.24, 2.45) is 0 Å². The lowest BCUT2D eigenvalue weighted by atomic mass is 10.1. The van der Waals surface area contributed by atoms with Gasteiger partial charge in [-0.25, -0.2) is 9.18 Å². The third-order valence-corrected chi connectivity index (χ3v) is 2.23. The largest absolute Gasteiger partial charge is 0.479 e. The van der Waals surface area contributed by atoms with Gasteiger partial charge in [0.1, 0.15) is 5.82 Å². The Kier molecular flexibility index (Phi) is 2.17. The molecule has 3 N–H and O–H groups in total. The Morgan fingerprint density at radius 3 is 2.87 bits per heavy atom. The zero-order valence-corrected chi connectivity index (χ0v) is 7.57. The molecule has 0 saturated carbocycles. The van der Waals surface area contributed by atoms with E-state index in [0.717, 1.165) is 0 Å². The van der Waals surface area contributed by atoms with Gasteiger partial charge in [-0.15, -0.1) is 0 Å². The predicted octanol–water partition coefficient (Wildman–Crippen LogP) is 1.42. The molecule has 1 heterocycles. The number of para-hydroxylation sites is 1. The Labute approximate surface area is 84.0 Å². The van der Waals surface area contributed by atoms with Crippen molar-refractivity contribution < 1.29 is 19.4 Å². The summed E-state index contributed by atoms with van der Waals surface area (Å²) in [5.74, 6) is -1.84. The van der Waals surface area contributed by atoms with Gasteiger partial charge in [0, 0.05) is 17.1 Å². The summed E-state index contributed by atoms with van der Waals surface area (Å²) in [7, 11) is 0. The Morgan fingerprint density at radius 2 is 2.20 bits per heavy atom. The fourth-order valence-electron chi connectivity index (χ4n) is 1.50.